The zero-order valence-corrected chi connectivity index (χ0v) is 13.3. The van der Waals surface area contributed by atoms with E-state index < -0.39 is 0 Å². The molecule has 2 saturated heterocycles. The van der Waals surface area contributed by atoms with Crippen molar-refractivity contribution in [1.29, 1.82) is 0 Å². The van der Waals surface area contributed by atoms with Gasteiger partial charge in [-0.25, -0.2) is 0 Å². The van der Waals surface area contributed by atoms with Crippen LogP contribution in [0.25, 0.3) is 0 Å². The number of carbonyl (C=O) groups excluding carboxylic acids is 1. The molecule has 4 nitrogen and oxygen atoms in total. The molecule has 1 aliphatic carbocycles. The van der Waals surface area contributed by atoms with Crippen molar-refractivity contribution in [3.8, 4) is 0 Å². The van der Waals surface area contributed by atoms with E-state index in [0.29, 0.717) is 11.3 Å². The number of nitrogens with one attached hydrogen (secondary N) is 1. The van der Waals surface area contributed by atoms with Crippen LogP contribution in [-0.2, 0) is 4.79 Å². The molecule has 3 aliphatic rings. The number of amides is 1. The van der Waals surface area contributed by atoms with Gasteiger partial charge in [0, 0.05) is 25.7 Å². The minimum Gasteiger partial charge on any atom is -0.342 e. The number of hydrogen-bond acceptors (Lipinski definition) is 3. The first-order valence-electron chi connectivity index (χ1n) is 8.95. The lowest BCUT2D eigenvalue weighted by atomic mass is 9.77. The Kier molecular flexibility index (Phi) is 4.85. The Labute approximate surface area is 128 Å². The summed E-state index contributed by atoms with van der Waals surface area (Å²) in [7, 11) is 0. The van der Waals surface area contributed by atoms with Crippen LogP contribution in [0.1, 0.15) is 57.8 Å². The van der Waals surface area contributed by atoms with Gasteiger partial charge in [-0.05, 0) is 44.1 Å². The average Bonchev–Trinajstić information content (AvgIpc) is 2.92. The molecule has 1 saturated carbocycles. The second-order valence-corrected chi connectivity index (χ2v) is 7.51. The van der Waals surface area contributed by atoms with Crippen molar-refractivity contribution in [3.63, 3.8) is 0 Å². The molecule has 0 aromatic rings. The Morgan fingerprint density at radius 1 is 1.05 bits per heavy atom. The molecule has 21 heavy (non-hydrogen) atoms. The molecule has 1 spiro atoms. The van der Waals surface area contributed by atoms with E-state index in [1.807, 2.05) is 0 Å². The summed E-state index contributed by atoms with van der Waals surface area (Å²) in [4.78, 5) is 15.0. The molecule has 0 bridgehead atoms. The van der Waals surface area contributed by atoms with E-state index in [1.165, 1.54) is 44.9 Å². The van der Waals surface area contributed by atoms with E-state index in [4.69, 9.17) is 5.73 Å². The predicted octanol–water partition coefficient (Wildman–Crippen LogP) is 1.89. The largest absolute Gasteiger partial charge is 0.342 e. The summed E-state index contributed by atoms with van der Waals surface area (Å²) in [6.07, 6.45) is 10.6. The number of nitrogens with two attached hydrogens (primary N) is 1. The third kappa shape index (κ3) is 3.42. The lowest BCUT2D eigenvalue weighted by Gasteiger charge is -2.41. The number of rotatable bonds is 1. The Balaban J connectivity index is 1.57. The van der Waals surface area contributed by atoms with Gasteiger partial charge in [0.05, 0.1) is 5.92 Å². The van der Waals surface area contributed by atoms with Crippen molar-refractivity contribution in [2.75, 3.05) is 26.2 Å². The summed E-state index contributed by atoms with van der Waals surface area (Å²) < 4.78 is 0. The molecule has 0 aromatic heterocycles. The highest BCUT2D eigenvalue weighted by Gasteiger charge is 2.39. The van der Waals surface area contributed by atoms with E-state index in [2.05, 4.69) is 10.2 Å². The van der Waals surface area contributed by atoms with Crippen LogP contribution >= 0.6 is 0 Å². The molecule has 120 valence electrons. The SMILES string of the molecule is NC1CCCCCCC1C(=O)N1CCC2(CCNC2)CC1. The van der Waals surface area contributed by atoms with Gasteiger partial charge in [-0.2, -0.15) is 0 Å². The normalized spacial score (nSPS) is 33.7. The highest BCUT2D eigenvalue weighted by Crippen LogP contribution is 2.37. The molecule has 0 aromatic carbocycles. The zero-order valence-electron chi connectivity index (χ0n) is 13.3. The third-order valence-electron chi connectivity index (χ3n) is 6.10. The van der Waals surface area contributed by atoms with Gasteiger partial charge < -0.3 is 16.0 Å². The lowest BCUT2D eigenvalue weighted by Crippen LogP contribution is -2.49. The van der Waals surface area contributed by atoms with E-state index in [9.17, 15) is 4.79 Å². The Bertz CT molecular complexity index is 355. The van der Waals surface area contributed by atoms with Gasteiger partial charge in [0.2, 0.25) is 5.91 Å². The first kappa shape index (κ1) is 15.3. The van der Waals surface area contributed by atoms with Crippen LogP contribution in [0.3, 0.4) is 0 Å². The van der Waals surface area contributed by atoms with Gasteiger partial charge in [-0.1, -0.05) is 25.7 Å². The smallest absolute Gasteiger partial charge is 0.227 e. The molecule has 1 amide bonds. The van der Waals surface area contributed by atoms with Crippen molar-refractivity contribution >= 4 is 5.91 Å². The number of likely N-dealkylation sites (tertiary alicyclic amines) is 1. The van der Waals surface area contributed by atoms with E-state index in [1.54, 1.807) is 0 Å². The minimum absolute atomic E-state index is 0.0843. The molecule has 2 aliphatic heterocycles. The maximum absolute atomic E-state index is 12.9. The van der Waals surface area contributed by atoms with Gasteiger partial charge in [-0.3, -0.25) is 4.79 Å². The number of carbonyl (C=O) groups is 1. The minimum atomic E-state index is 0.0843. The number of piperidine rings is 1. The Hall–Kier alpha value is -0.610. The maximum Gasteiger partial charge on any atom is 0.227 e. The standard InChI is InChI=1S/C17H31N3O/c18-15-6-4-2-1-3-5-14(15)16(21)20-11-8-17(9-12-20)7-10-19-13-17/h14-15,19H,1-13,18H2. The van der Waals surface area contributed by atoms with Gasteiger partial charge in [0.1, 0.15) is 0 Å². The van der Waals surface area contributed by atoms with Crippen LogP contribution in [0.4, 0.5) is 0 Å². The Morgan fingerprint density at radius 2 is 1.76 bits per heavy atom. The monoisotopic (exact) mass is 293 g/mol. The molecule has 4 heteroatoms. The fraction of sp³-hybridized carbons (Fsp3) is 0.941. The van der Waals surface area contributed by atoms with Gasteiger partial charge >= 0.3 is 0 Å². The molecule has 2 unspecified atom stereocenters. The van der Waals surface area contributed by atoms with Gasteiger partial charge in [0.25, 0.3) is 0 Å². The second kappa shape index (κ2) is 6.66. The molecule has 3 N–H and O–H groups in total. The summed E-state index contributed by atoms with van der Waals surface area (Å²) in [5.74, 6) is 0.436. The average molecular weight is 293 g/mol. The van der Waals surface area contributed by atoms with Crippen molar-refractivity contribution in [3.05, 3.63) is 0 Å². The summed E-state index contributed by atoms with van der Waals surface area (Å²) >= 11 is 0. The molecular weight excluding hydrogens is 262 g/mol. The maximum atomic E-state index is 12.9. The second-order valence-electron chi connectivity index (χ2n) is 7.51. The van der Waals surface area contributed by atoms with Crippen molar-refractivity contribution in [2.45, 2.75) is 63.8 Å². The van der Waals surface area contributed by atoms with Crippen LogP contribution in [0.2, 0.25) is 0 Å². The van der Waals surface area contributed by atoms with E-state index >= 15 is 0 Å². The van der Waals surface area contributed by atoms with Crippen LogP contribution in [-0.4, -0.2) is 43.0 Å². The molecule has 3 fully saturated rings. The molecule has 2 heterocycles. The number of hydrogen-bond donors (Lipinski definition) is 2. The molecular formula is C17H31N3O. The summed E-state index contributed by atoms with van der Waals surface area (Å²) in [5, 5.41) is 3.49. The lowest BCUT2D eigenvalue weighted by molar-refractivity contribution is -0.139. The van der Waals surface area contributed by atoms with Crippen molar-refractivity contribution in [1.82, 2.24) is 10.2 Å². The quantitative estimate of drug-likeness (QED) is 0.776. The number of nitrogens with zero attached hydrogens (tertiary/aromatic N) is 1. The van der Waals surface area contributed by atoms with Crippen LogP contribution in [0.15, 0.2) is 0 Å². The van der Waals surface area contributed by atoms with Crippen molar-refractivity contribution < 1.29 is 4.79 Å². The molecule has 3 rings (SSSR count). The topological polar surface area (TPSA) is 58.4 Å². The predicted molar refractivity (Wildman–Crippen MR) is 84.9 cm³/mol. The Morgan fingerprint density at radius 3 is 2.43 bits per heavy atom. The fourth-order valence-electron chi connectivity index (χ4n) is 4.48. The molecule has 2 atom stereocenters. The zero-order chi connectivity index (χ0) is 14.7. The van der Waals surface area contributed by atoms with E-state index in [-0.39, 0.29) is 12.0 Å². The first-order valence-corrected chi connectivity index (χ1v) is 8.95. The van der Waals surface area contributed by atoms with E-state index in [0.717, 1.165) is 39.0 Å². The summed E-state index contributed by atoms with van der Waals surface area (Å²) in [6.45, 7) is 4.20. The molecule has 0 radical (unpaired) electrons. The highest BCUT2D eigenvalue weighted by molar-refractivity contribution is 5.79. The van der Waals surface area contributed by atoms with Crippen LogP contribution in [0, 0.1) is 11.3 Å². The van der Waals surface area contributed by atoms with Crippen molar-refractivity contribution in [2.24, 2.45) is 17.1 Å². The highest BCUT2D eigenvalue weighted by atomic mass is 16.2. The summed E-state index contributed by atoms with van der Waals surface area (Å²) in [5.41, 5.74) is 6.80. The van der Waals surface area contributed by atoms with Crippen LogP contribution in [0.5, 0.6) is 0 Å². The first-order chi connectivity index (χ1) is 10.2. The fourth-order valence-corrected chi connectivity index (χ4v) is 4.48. The summed E-state index contributed by atoms with van der Waals surface area (Å²) in [6, 6.07) is 0.0850. The van der Waals surface area contributed by atoms with Gasteiger partial charge in [-0.15, -0.1) is 0 Å². The van der Waals surface area contributed by atoms with Gasteiger partial charge in [0.15, 0.2) is 0 Å². The van der Waals surface area contributed by atoms with Crippen LogP contribution < -0.4 is 11.1 Å². The third-order valence-corrected chi connectivity index (χ3v) is 6.10.